The van der Waals surface area contributed by atoms with E-state index in [9.17, 15) is 4.79 Å². The van der Waals surface area contributed by atoms with Gasteiger partial charge in [-0.15, -0.1) is 0 Å². The molecule has 0 radical (unpaired) electrons. The maximum atomic E-state index is 11.7. The highest BCUT2D eigenvalue weighted by atomic mass is 16.5. The number of hydrogen-bond acceptors (Lipinski definition) is 4. The SMILES string of the molecule is CN=C(NCCc1cccc(C(=O)NC)c1)NCC1CCCN1CCOC. The molecule has 150 valence electrons. The molecular formula is C20H33N5O2. The van der Waals surface area contributed by atoms with E-state index in [0.717, 1.165) is 50.7 Å². The van der Waals surface area contributed by atoms with Gasteiger partial charge in [-0.2, -0.15) is 0 Å². The Morgan fingerprint density at radius 1 is 1.37 bits per heavy atom. The third-order valence-electron chi connectivity index (χ3n) is 4.93. The van der Waals surface area contributed by atoms with Crippen molar-refractivity contribution in [3.63, 3.8) is 0 Å². The summed E-state index contributed by atoms with van der Waals surface area (Å²) < 4.78 is 5.20. The Morgan fingerprint density at radius 2 is 2.22 bits per heavy atom. The Bertz CT molecular complexity index is 620. The van der Waals surface area contributed by atoms with Gasteiger partial charge in [0.1, 0.15) is 0 Å². The number of nitrogens with zero attached hydrogens (tertiary/aromatic N) is 2. The van der Waals surface area contributed by atoms with E-state index in [0.29, 0.717) is 11.6 Å². The van der Waals surface area contributed by atoms with Gasteiger partial charge in [-0.1, -0.05) is 12.1 Å². The molecular weight excluding hydrogens is 342 g/mol. The Kier molecular flexibility index (Phi) is 9.07. The van der Waals surface area contributed by atoms with E-state index in [1.54, 1.807) is 21.2 Å². The molecule has 0 aliphatic carbocycles. The smallest absolute Gasteiger partial charge is 0.251 e. The standard InChI is InChI=1S/C20H33N5O2/c1-21-19(26)17-7-4-6-16(14-17)9-10-23-20(22-2)24-15-18-8-5-11-25(18)12-13-27-3/h4,6-7,14,18H,5,8-13,15H2,1-3H3,(H,21,26)(H2,22,23,24). The minimum atomic E-state index is -0.0584. The number of methoxy groups -OCH3 is 1. The number of carbonyl (C=O) groups is 1. The maximum absolute atomic E-state index is 11.7. The number of amides is 1. The lowest BCUT2D eigenvalue weighted by Gasteiger charge is -2.25. The fourth-order valence-corrected chi connectivity index (χ4v) is 3.40. The van der Waals surface area contributed by atoms with Gasteiger partial charge in [0.15, 0.2) is 5.96 Å². The molecule has 1 saturated heterocycles. The van der Waals surface area contributed by atoms with Gasteiger partial charge in [0, 0.05) is 52.4 Å². The van der Waals surface area contributed by atoms with E-state index >= 15 is 0 Å². The predicted molar refractivity (Wildman–Crippen MR) is 109 cm³/mol. The zero-order valence-corrected chi connectivity index (χ0v) is 16.8. The lowest BCUT2D eigenvalue weighted by atomic mass is 10.1. The zero-order chi connectivity index (χ0) is 19.5. The first kappa shape index (κ1) is 21.2. The van der Waals surface area contributed by atoms with Gasteiger partial charge in [-0.05, 0) is 43.5 Å². The van der Waals surface area contributed by atoms with Gasteiger partial charge in [-0.3, -0.25) is 14.7 Å². The molecule has 1 aliphatic rings. The molecule has 1 unspecified atom stereocenters. The molecule has 0 saturated carbocycles. The van der Waals surface area contributed by atoms with E-state index < -0.39 is 0 Å². The van der Waals surface area contributed by atoms with Crippen LogP contribution in [0.4, 0.5) is 0 Å². The summed E-state index contributed by atoms with van der Waals surface area (Å²) in [7, 11) is 5.19. The molecule has 0 bridgehead atoms. The van der Waals surface area contributed by atoms with Crippen molar-refractivity contribution in [3.05, 3.63) is 35.4 Å². The van der Waals surface area contributed by atoms with Gasteiger partial charge in [0.25, 0.3) is 5.91 Å². The van der Waals surface area contributed by atoms with Gasteiger partial charge in [0.2, 0.25) is 0 Å². The summed E-state index contributed by atoms with van der Waals surface area (Å²) in [4.78, 5) is 18.5. The summed E-state index contributed by atoms with van der Waals surface area (Å²) in [6.07, 6.45) is 3.28. The Labute approximate surface area is 162 Å². The maximum Gasteiger partial charge on any atom is 0.251 e. The average molecular weight is 376 g/mol. The van der Waals surface area contributed by atoms with E-state index in [2.05, 4.69) is 25.8 Å². The number of aliphatic imine (C=N–C) groups is 1. The van der Waals surface area contributed by atoms with Crippen LogP contribution >= 0.6 is 0 Å². The average Bonchev–Trinajstić information content (AvgIpc) is 3.15. The van der Waals surface area contributed by atoms with Gasteiger partial charge < -0.3 is 20.7 Å². The summed E-state index contributed by atoms with van der Waals surface area (Å²) in [6.45, 7) is 4.54. The third-order valence-corrected chi connectivity index (χ3v) is 4.93. The second kappa shape index (κ2) is 11.6. The van der Waals surface area contributed by atoms with Crippen LogP contribution < -0.4 is 16.0 Å². The molecule has 7 nitrogen and oxygen atoms in total. The van der Waals surface area contributed by atoms with Crippen LogP contribution in [0.5, 0.6) is 0 Å². The molecule has 1 heterocycles. The number of carbonyl (C=O) groups excluding carboxylic acids is 1. The number of hydrogen-bond donors (Lipinski definition) is 3. The molecule has 1 atom stereocenters. The van der Waals surface area contributed by atoms with Crippen LogP contribution in [0.1, 0.15) is 28.8 Å². The molecule has 3 N–H and O–H groups in total. The molecule has 0 aromatic heterocycles. The molecule has 1 amide bonds. The van der Waals surface area contributed by atoms with Crippen molar-refractivity contribution >= 4 is 11.9 Å². The van der Waals surface area contributed by atoms with Crippen molar-refractivity contribution in [2.45, 2.75) is 25.3 Å². The van der Waals surface area contributed by atoms with Crippen LogP contribution in [0.25, 0.3) is 0 Å². The van der Waals surface area contributed by atoms with E-state index in [4.69, 9.17) is 4.74 Å². The predicted octanol–water partition coefficient (Wildman–Crippen LogP) is 0.865. The number of guanidine groups is 1. The van der Waals surface area contributed by atoms with Crippen LogP contribution in [-0.4, -0.2) is 76.8 Å². The van der Waals surface area contributed by atoms with Gasteiger partial charge >= 0.3 is 0 Å². The number of benzene rings is 1. The number of rotatable bonds is 9. The highest BCUT2D eigenvalue weighted by Gasteiger charge is 2.23. The zero-order valence-electron chi connectivity index (χ0n) is 16.8. The van der Waals surface area contributed by atoms with Gasteiger partial charge in [-0.25, -0.2) is 0 Å². The molecule has 1 fully saturated rings. The van der Waals surface area contributed by atoms with Gasteiger partial charge in [0.05, 0.1) is 6.61 Å². The number of likely N-dealkylation sites (tertiary alicyclic amines) is 1. The summed E-state index contributed by atoms with van der Waals surface area (Å²) in [5.41, 5.74) is 1.82. The summed E-state index contributed by atoms with van der Waals surface area (Å²) in [5.74, 6) is 0.757. The largest absolute Gasteiger partial charge is 0.383 e. The van der Waals surface area contributed by atoms with Crippen LogP contribution in [0.2, 0.25) is 0 Å². The van der Waals surface area contributed by atoms with Crippen LogP contribution in [0, 0.1) is 0 Å². The summed E-state index contributed by atoms with van der Waals surface area (Å²) >= 11 is 0. The van der Waals surface area contributed by atoms with Crippen molar-refractivity contribution in [1.29, 1.82) is 0 Å². The molecule has 27 heavy (non-hydrogen) atoms. The fraction of sp³-hybridized carbons (Fsp3) is 0.600. The molecule has 0 spiro atoms. The van der Waals surface area contributed by atoms with Crippen molar-refractivity contribution in [2.24, 2.45) is 4.99 Å². The van der Waals surface area contributed by atoms with Crippen LogP contribution in [-0.2, 0) is 11.2 Å². The molecule has 1 aromatic rings. The van der Waals surface area contributed by atoms with Crippen molar-refractivity contribution in [3.8, 4) is 0 Å². The summed E-state index contributed by atoms with van der Waals surface area (Å²) in [5, 5.41) is 9.45. The molecule has 1 aliphatic heterocycles. The molecule has 7 heteroatoms. The Morgan fingerprint density at radius 3 is 2.96 bits per heavy atom. The second-order valence-electron chi connectivity index (χ2n) is 6.73. The first-order valence-electron chi connectivity index (χ1n) is 9.66. The quantitative estimate of drug-likeness (QED) is 0.441. The highest BCUT2D eigenvalue weighted by molar-refractivity contribution is 5.94. The van der Waals surface area contributed by atoms with Crippen LogP contribution in [0.15, 0.2) is 29.3 Å². The lowest BCUT2D eigenvalue weighted by molar-refractivity contribution is 0.0963. The normalized spacial score (nSPS) is 17.7. The van der Waals surface area contributed by atoms with Crippen molar-refractivity contribution in [1.82, 2.24) is 20.9 Å². The Hall–Kier alpha value is -2.12. The summed E-state index contributed by atoms with van der Waals surface area (Å²) in [6, 6.07) is 8.25. The van der Waals surface area contributed by atoms with E-state index in [1.807, 2.05) is 24.3 Å². The highest BCUT2D eigenvalue weighted by Crippen LogP contribution is 2.15. The topological polar surface area (TPSA) is 78.0 Å². The second-order valence-corrected chi connectivity index (χ2v) is 6.73. The van der Waals surface area contributed by atoms with Crippen molar-refractivity contribution in [2.75, 3.05) is 54.0 Å². The Balaban J connectivity index is 1.75. The molecule has 2 rings (SSSR count). The first-order chi connectivity index (χ1) is 13.2. The van der Waals surface area contributed by atoms with Crippen molar-refractivity contribution < 1.29 is 9.53 Å². The minimum Gasteiger partial charge on any atom is -0.383 e. The minimum absolute atomic E-state index is 0.0584. The van der Waals surface area contributed by atoms with E-state index in [1.165, 1.54) is 12.8 Å². The molecule has 1 aromatic carbocycles. The first-order valence-corrected chi connectivity index (χ1v) is 9.66. The fourth-order valence-electron chi connectivity index (χ4n) is 3.40. The van der Waals surface area contributed by atoms with E-state index in [-0.39, 0.29) is 5.91 Å². The number of ether oxygens (including phenoxy) is 1. The van der Waals surface area contributed by atoms with Crippen LogP contribution in [0.3, 0.4) is 0 Å². The number of nitrogens with one attached hydrogen (secondary N) is 3. The third kappa shape index (κ3) is 6.84. The monoisotopic (exact) mass is 375 g/mol. The lowest BCUT2D eigenvalue weighted by Crippen LogP contribution is -2.45.